The highest BCUT2D eigenvalue weighted by atomic mass is 32.2. The molecule has 0 atom stereocenters. The monoisotopic (exact) mass is 457 g/mol. The maximum Gasteiger partial charge on any atom is 0.253 e. The molecule has 4 rings (SSSR count). The van der Waals surface area contributed by atoms with E-state index in [0.717, 1.165) is 22.2 Å². The molecular weight excluding hydrogens is 430 g/mol. The van der Waals surface area contributed by atoms with Gasteiger partial charge in [0.2, 0.25) is 10.0 Å². The van der Waals surface area contributed by atoms with Crippen LogP contribution in [0.1, 0.15) is 21.6 Å². The summed E-state index contributed by atoms with van der Waals surface area (Å²) < 4.78 is 38.0. The van der Waals surface area contributed by atoms with Crippen molar-refractivity contribution in [1.29, 1.82) is 0 Å². The van der Waals surface area contributed by atoms with Crippen molar-refractivity contribution < 1.29 is 22.7 Å². The Balaban J connectivity index is 1.49. The van der Waals surface area contributed by atoms with Gasteiger partial charge in [-0.05, 0) is 49.7 Å². The lowest BCUT2D eigenvalue weighted by Gasteiger charge is -2.34. The van der Waals surface area contributed by atoms with Gasteiger partial charge in [-0.15, -0.1) is 0 Å². The maximum absolute atomic E-state index is 13.1. The molecule has 1 saturated heterocycles. The highest BCUT2D eigenvalue weighted by Crippen LogP contribution is 2.31. The van der Waals surface area contributed by atoms with Crippen LogP contribution in [0.2, 0.25) is 0 Å². The van der Waals surface area contributed by atoms with Crippen LogP contribution < -0.4 is 9.47 Å². The number of amides is 1. The smallest absolute Gasteiger partial charge is 0.253 e. The van der Waals surface area contributed by atoms with Gasteiger partial charge in [0.25, 0.3) is 5.91 Å². The van der Waals surface area contributed by atoms with E-state index in [1.807, 2.05) is 32.0 Å². The van der Waals surface area contributed by atoms with E-state index in [1.165, 1.54) is 30.7 Å². The number of hydrogen-bond donors (Lipinski definition) is 1. The molecule has 1 aliphatic heterocycles. The van der Waals surface area contributed by atoms with Crippen molar-refractivity contribution in [3.63, 3.8) is 0 Å². The number of rotatable bonds is 5. The predicted molar refractivity (Wildman–Crippen MR) is 122 cm³/mol. The molecular formula is C23H27N3O5S. The number of carbonyl (C=O) groups is 1. The Labute approximate surface area is 187 Å². The van der Waals surface area contributed by atoms with Gasteiger partial charge >= 0.3 is 0 Å². The third kappa shape index (κ3) is 3.82. The molecule has 1 N–H and O–H groups in total. The highest BCUT2D eigenvalue weighted by Gasteiger charge is 2.31. The van der Waals surface area contributed by atoms with E-state index in [4.69, 9.17) is 9.47 Å². The number of nitrogens with one attached hydrogen (secondary N) is 1. The van der Waals surface area contributed by atoms with Crippen LogP contribution in [-0.2, 0) is 10.0 Å². The summed E-state index contributed by atoms with van der Waals surface area (Å²) in [4.78, 5) is 18.2. The van der Waals surface area contributed by atoms with Crippen molar-refractivity contribution in [3.05, 3.63) is 53.2 Å². The zero-order chi connectivity index (χ0) is 23.0. The van der Waals surface area contributed by atoms with Gasteiger partial charge in [0.1, 0.15) is 0 Å². The summed E-state index contributed by atoms with van der Waals surface area (Å²) in [5, 5.41) is 1.03. The topological polar surface area (TPSA) is 91.9 Å². The summed E-state index contributed by atoms with van der Waals surface area (Å²) in [5.41, 5.74) is 3.82. The number of piperazine rings is 1. The number of benzene rings is 2. The molecule has 0 aliphatic carbocycles. The number of fused-ring (bicyclic) bond motifs is 1. The minimum atomic E-state index is -3.71. The first-order chi connectivity index (χ1) is 15.3. The van der Waals surface area contributed by atoms with Crippen LogP contribution in [0, 0.1) is 13.8 Å². The quantitative estimate of drug-likeness (QED) is 0.636. The molecule has 1 aliphatic rings. The number of ether oxygens (including phenoxy) is 2. The first kappa shape index (κ1) is 22.2. The molecule has 0 spiro atoms. The zero-order valence-electron chi connectivity index (χ0n) is 18.6. The Morgan fingerprint density at radius 3 is 2.28 bits per heavy atom. The van der Waals surface area contributed by atoms with Crippen LogP contribution in [-0.4, -0.2) is 68.9 Å². The molecule has 0 radical (unpaired) electrons. The third-order valence-electron chi connectivity index (χ3n) is 6.07. The molecule has 1 aromatic heterocycles. The molecule has 9 heteroatoms. The highest BCUT2D eigenvalue weighted by molar-refractivity contribution is 7.89. The Morgan fingerprint density at radius 1 is 0.938 bits per heavy atom. The molecule has 1 amide bonds. The minimum absolute atomic E-state index is 0.0895. The van der Waals surface area contributed by atoms with E-state index in [2.05, 4.69) is 4.98 Å². The lowest BCUT2D eigenvalue weighted by Crippen LogP contribution is -2.50. The minimum Gasteiger partial charge on any atom is -0.493 e. The van der Waals surface area contributed by atoms with Crippen molar-refractivity contribution in [3.8, 4) is 11.5 Å². The zero-order valence-corrected chi connectivity index (χ0v) is 19.5. The lowest BCUT2D eigenvalue weighted by molar-refractivity contribution is 0.0698. The second-order valence-electron chi connectivity index (χ2n) is 7.85. The predicted octanol–water partition coefficient (Wildman–Crippen LogP) is 2.95. The molecule has 2 aromatic carbocycles. The molecule has 1 fully saturated rings. The number of aromatic nitrogens is 1. The first-order valence-corrected chi connectivity index (χ1v) is 11.8. The molecule has 0 unspecified atom stereocenters. The second-order valence-corrected chi connectivity index (χ2v) is 9.79. The molecule has 170 valence electrons. The summed E-state index contributed by atoms with van der Waals surface area (Å²) in [7, 11) is -0.746. The van der Waals surface area contributed by atoms with Crippen molar-refractivity contribution in [2.45, 2.75) is 18.7 Å². The van der Waals surface area contributed by atoms with Gasteiger partial charge in [-0.2, -0.15) is 4.31 Å². The fourth-order valence-electron chi connectivity index (χ4n) is 4.03. The molecule has 3 aromatic rings. The normalized spacial score (nSPS) is 15.2. The number of sulfonamides is 1. The van der Waals surface area contributed by atoms with Gasteiger partial charge in [-0.25, -0.2) is 8.42 Å². The largest absolute Gasteiger partial charge is 0.493 e. The average molecular weight is 458 g/mol. The summed E-state index contributed by atoms with van der Waals surface area (Å²) in [5.74, 6) is 0.730. The number of nitrogens with zero attached hydrogens (tertiary/aromatic N) is 2. The van der Waals surface area contributed by atoms with E-state index in [1.54, 1.807) is 11.0 Å². The molecule has 2 heterocycles. The SMILES string of the molecule is COc1ccc(S(=O)(=O)N2CCN(C(=O)c3ccc4[nH]c(C)c(C)c4c3)CC2)cc1OC. The van der Waals surface area contributed by atoms with Crippen LogP contribution >= 0.6 is 0 Å². The first-order valence-electron chi connectivity index (χ1n) is 10.4. The number of H-pyrrole nitrogens is 1. The molecule has 8 nitrogen and oxygen atoms in total. The fourth-order valence-corrected chi connectivity index (χ4v) is 5.47. The van der Waals surface area contributed by atoms with Gasteiger partial charge in [0.05, 0.1) is 19.1 Å². The van der Waals surface area contributed by atoms with Crippen LogP contribution in [0.4, 0.5) is 0 Å². The molecule has 32 heavy (non-hydrogen) atoms. The van der Waals surface area contributed by atoms with Crippen molar-refractivity contribution >= 4 is 26.8 Å². The van der Waals surface area contributed by atoms with Gasteiger partial charge in [-0.3, -0.25) is 4.79 Å². The van der Waals surface area contributed by atoms with Gasteiger partial charge in [-0.1, -0.05) is 0 Å². The van der Waals surface area contributed by atoms with E-state index >= 15 is 0 Å². The lowest BCUT2D eigenvalue weighted by atomic mass is 10.1. The average Bonchev–Trinajstić information content (AvgIpc) is 3.10. The number of methoxy groups -OCH3 is 2. The maximum atomic E-state index is 13.1. The Kier molecular flexibility index (Phi) is 5.87. The Morgan fingerprint density at radius 2 is 1.62 bits per heavy atom. The standard InChI is InChI=1S/C23H27N3O5S/c1-15-16(2)24-20-7-5-17(13-19(15)20)23(27)25-9-11-26(12-10-25)32(28,29)18-6-8-21(30-3)22(14-18)31-4/h5-8,13-14,24H,9-12H2,1-4H3. The van der Waals surface area contributed by atoms with Gasteiger partial charge in [0, 0.05) is 54.4 Å². The number of aryl methyl sites for hydroxylation is 2. The van der Waals surface area contributed by atoms with E-state index in [9.17, 15) is 13.2 Å². The van der Waals surface area contributed by atoms with Gasteiger partial charge < -0.3 is 19.4 Å². The summed E-state index contributed by atoms with van der Waals surface area (Å²) in [6, 6.07) is 10.2. The van der Waals surface area contributed by atoms with Crippen LogP contribution in [0.15, 0.2) is 41.3 Å². The van der Waals surface area contributed by atoms with Crippen molar-refractivity contribution in [2.75, 3.05) is 40.4 Å². The number of carbonyl (C=O) groups excluding carboxylic acids is 1. The van der Waals surface area contributed by atoms with E-state index < -0.39 is 10.0 Å². The van der Waals surface area contributed by atoms with Crippen molar-refractivity contribution in [1.82, 2.24) is 14.2 Å². The molecule has 0 bridgehead atoms. The number of hydrogen-bond acceptors (Lipinski definition) is 5. The number of aromatic amines is 1. The fraction of sp³-hybridized carbons (Fsp3) is 0.348. The summed E-state index contributed by atoms with van der Waals surface area (Å²) >= 11 is 0. The van der Waals surface area contributed by atoms with E-state index in [0.29, 0.717) is 30.2 Å². The Hall–Kier alpha value is -3.04. The Bertz CT molecular complexity index is 1270. The van der Waals surface area contributed by atoms with Gasteiger partial charge in [0.15, 0.2) is 11.5 Å². The van der Waals surface area contributed by atoms with Crippen LogP contribution in [0.5, 0.6) is 11.5 Å². The van der Waals surface area contributed by atoms with E-state index in [-0.39, 0.29) is 23.9 Å². The summed E-state index contributed by atoms with van der Waals surface area (Å²) in [6.07, 6.45) is 0. The molecule has 0 saturated carbocycles. The summed E-state index contributed by atoms with van der Waals surface area (Å²) in [6.45, 7) is 5.15. The van der Waals surface area contributed by atoms with Crippen LogP contribution in [0.25, 0.3) is 10.9 Å². The van der Waals surface area contributed by atoms with Crippen LogP contribution in [0.3, 0.4) is 0 Å². The second kappa shape index (κ2) is 8.48. The van der Waals surface area contributed by atoms with Crippen molar-refractivity contribution in [2.24, 2.45) is 0 Å². The third-order valence-corrected chi connectivity index (χ3v) is 7.97.